The van der Waals surface area contributed by atoms with Crippen LogP contribution in [0.25, 0.3) is 0 Å². The summed E-state index contributed by atoms with van der Waals surface area (Å²) in [5.74, 6) is -10.7. The van der Waals surface area contributed by atoms with Crippen molar-refractivity contribution in [1.29, 1.82) is 5.41 Å². The Bertz CT molecular complexity index is 1890. The molecule has 0 aliphatic heterocycles. The molecule has 36 N–H and O–H groups in total. The van der Waals surface area contributed by atoms with E-state index in [9.17, 15) is 57.5 Å². The Balaban J connectivity index is -0.000000147. The minimum Gasteiger partial charge on any atom is -0.508 e. The number of thioether (sulfide) groups is 1. The van der Waals surface area contributed by atoms with Crippen LogP contribution >= 0.6 is 11.8 Å². The molecule has 0 aliphatic carbocycles. The molecule has 0 radical (unpaired) electrons. The molecule has 37 heteroatoms. The van der Waals surface area contributed by atoms with E-state index in [4.69, 9.17) is 108 Å². The number of aromatic hydroxyl groups is 1. The topological polar surface area (TPSA) is 755 Å². The van der Waals surface area contributed by atoms with Crippen LogP contribution in [0.3, 0.4) is 0 Å². The summed E-state index contributed by atoms with van der Waals surface area (Å²) in [5.41, 5.74) is 60.0. The van der Waals surface area contributed by atoms with Gasteiger partial charge >= 0.3 is 53.7 Å². The lowest BCUT2D eigenvalue weighted by Crippen LogP contribution is -2.34. The number of carbonyl (C=O) groups excluding carboxylic acids is 3. The Hall–Kier alpha value is -8.04. The van der Waals surface area contributed by atoms with E-state index in [1.54, 1.807) is 23.9 Å². The number of rotatable bonds is 27. The minimum absolute atomic E-state index is 0.0213. The van der Waals surface area contributed by atoms with E-state index in [-0.39, 0.29) is 63.2 Å². The lowest BCUT2D eigenvalue weighted by Gasteiger charge is -2.06. The highest BCUT2D eigenvalue weighted by molar-refractivity contribution is 7.98. The van der Waals surface area contributed by atoms with E-state index in [1.807, 2.05) is 6.26 Å². The summed E-state index contributed by atoms with van der Waals surface area (Å²) < 4.78 is 0. The quantitative estimate of drug-likeness (QED) is 0.0221. The smallest absolute Gasteiger partial charge is 0.321 e. The van der Waals surface area contributed by atoms with Crippen LogP contribution in [0.2, 0.25) is 0 Å². The van der Waals surface area contributed by atoms with Crippen LogP contribution in [0.15, 0.2) is 24.3 Å². The van der Waals surface area contributed by atoms with Gasteiger partial charge in [-0.25, -0.2) is 0 Å². The molecule has 0 heterocycles. The average Bonchev–Trinajstić information content (AvgIpc) is 3.31. The van der Waals surface area contributed by atoms with Crippen molar-refractivity contribution >= 4 is 89.2 Å². The van der Waals surface area contributed by atoms with Crippen LogP contribution in [-0.2, 0) is 64.0 Å². The first-order valence-corrected chi connectivity index (χ1v) is 22.8. The number of phenols is 1. The van der Waals surface area contributed by atoms with Crippen LogP contribution in [-0.4, -0.2) is 196 Å². The van der Waals surface area contributed by atoms with Gasteiger partial charge in [0.25, 0.3) is 0 Å². The normalized spacial score (nSPS) is 12.2. The van der Waals surface area contributed by atoms with Gasteiger partial charge in [-0.3, -0.25) is 62.9 Å². The summed E-state index contributed by atoms with van der Waals surface area (Å²) >= 11 is 1.60. The van der Waals surface area contributed by atoms with Gasteiger partial charge < -0.3 is 125 Å². The van der Waals surface area contributed by atoms with Gasteiger partial charge in [0.2, 0.25) is 17.7 Å². The van der Waals surface area contributed by atoms with Crippen molar-refractivity contribution in [2.75, 3.05) is 25.1 Å². The summed E-state index contributed by atoms with van der Waals surface area (Å²) in [6.45, 7) is 0.205. The average molecular weight is 1140 g/mol. The number of primary amides is 3. The molecule has 0 bridgehead atoms. The highest BCUT2D eigenvalue weighted by Crippen LogP contribution is 2.10. The van der Waals surface area contributed by atoms with E-state index >= 15 is 0 Å². The molecule has 1 aromatic carbocycles. The molecular weight excluding hydrogens is 1060 g/mol. The van der Waals surface area contributed by atoms with E-state index in [0.29, 0.717) is 25.8 Å². The lowest BCUT2D eigenvalue weighted by atomic mass is 10.1. The van der Waals surface area contributed by atoms with E-state index in [0.717, 1.165) is 11.3 Å². The number of hydrogen-bond donors (Lipinski definition) is 24. The number of aliphatic carboxylic acids is 9. The summed E-state index contributed by atoms with van der Waals surface area (Å²) in [6, 6.07) is -0.446. The first kappa shape index (κ1) is 83.0. The Morgan fingerprint density at radius 1 is 0.494 bits per heavy atom. The third-order valence-corrected chi connectivity index (χ3v) is 8.28. The van der Waals surface area contributed by atoms with Gasteiger partial charge in [0.1, 0.15) is 48.0 Å². The molecule has 0 unspecified atom stereocenters. The van der Waals surface area contributed by atoms with Crippen molar-refractivity contribution in [3.63, 3.8) is 0 Å². The second-order valence-corrected chi connectivity index (χ2v) is 15.6. The summed E-state index contributed by atoms with van der Waals surface area (Å²) in [6.07, 6.45) is 3.00. The number of guanidine groups is 1. The van der Waals surface area contributed by atoms with E-state index in [2.05, 4.69) is 22.5 Å². The van der Waals surface area contributed by atoms with Crippen molar-refractivity contribution in [2.45, 2.75) is 107 Å². The molecule has 0 aromatic heterocycles. The third kappa shape index (κ3) is 70.1. The monoisotopic (exact) mass is 1140 g/mol. The van der Waals surface area contributed by atoms with Crippen molar-refractivity contribution < 1.29 is 109 Å². The lowest BCUT2D eigenvalue weighted by molar-refractivity contribution is -0.141. The van der Waals surface area contributed by atoms with Crippen LogP contribution < -0.4 is 74.1 Å². The molecule has 7 atom stereocenters. The summed E-state index contributed by atoms with van der Waals surface area (Å²) in [7, 11) is 0. The fourth-order valence-corrected chi connectivity index (χ4v) is 3.93. The molecule has 0 aliphatic rings. The molecule has 0 saturated heterocycles. The standard InChI is InChI=1S/C9H11NO3.C6H14N4O2.C5H10N2O3.C5H9NO4.C5H11NO2S.2C4H8N2O3.C2H5NO2/c10-8(9(12)13)5-6-1-3-7(11)4-2-6;7-4(5(11)12)2-1-3-10-6(8)9;2*6-3(5(9)10)1-2-4(7)8;1-9-3-2-4(6)5(7)8;2*5-2(4(8)9)1-3(6)7;3-1-2(4)5/h1-4,8,11H,5,10H2,(H,12,13);4H,1-3,7H2,(H,11,12)(H4,8,9,10);3H,1-2,6H2,(H2,7,8)(H,9,10);3H,1-2,6H2,(H,7,8)(H,9,10);4H,2-3,6H2,1H3,(H,7,8);2*2H,1,5H2,(H2,6,7)(H,8,9);1,3H2,(H,4,5)/t8-;4-;2*3-;4-;2*2-;/m0000000./s1. The largest absolute Gasteiger partial charge is 0.508 e. The van der Waals surface area contributed by atoms with Crippen molar-refractivity contribution in [3.8, 4) is 5.75 Å². The number of carboxylic acids is 9. The van der Waals surface area contributed by atoms with Crippen molar-refractivity contribution in [3.05, 3.63) is 29.8 Å². The van der Waals surface area contributed by atoms with Crippen LogP contribution in [0.4, 0.5) is 0 Å². The maximum absolute atomic E-state index is 10.4. The number of hydrogen-bond acceptors (Lipinski definition) is 23. The predicted octanol–water partition coefficient (Wildman–Crippen LogP) is -7.34. The zero-order chi connectivity index (χ0) is 62.1. The fraction of sp³-hybridized carbons (Fsp3) is 0.525. The molecule has 3 amide bonds. The SMILES string of the molecule is CSCC[C@H](N)C(=O)O.N=C(N)NCCC[C@H](N)C(=O)O.NC(=O)CC[C@H](N)C(=O)O.NC(=O)C[C@H](N)C(=O)O.NC(=O)C[C@H](N)C(=O)O.NCC(=O)O.N[C@@H](CCC(=O)O)C(=O)O.N[C@@H](Cc1ccc(O)cc1)C(=O)O. The van der Waals surface area contributed by atoms with Gasteiger partial charge in [0.05, 0.1) is 19.4 Å². The fourth-order valence-electron chi connectivity index (χ4n) is 3.44. The van der Waals surface area contributed by atoms with Gasteiger partial charge in [-0.05, 0) is 68.2 Å². The Labute approximate surface area is 443 Å². The van der Waals surface area contributed by atoms with Crippen LogP contribution in [0.1, 0.15) is 63.4 Å². The van der Waals surface area contributed by atoms with E-state index in [1.165, 1.54) is 12.1 Å². The number of nitrogens with one attached hydrogen (secondary N) is 2. The van der Waals surface area contributed by atoms with Gasteiger partial charge in [-0.15, -0.1) is 0 Å². The third-order valence-electron chi connectivity index (χ3n) is 7.64. The summed E-state index contributed by atoms with van der Waals surface area (Å²) in [5, 5.41) is 91.7. The number of phenolic OH excluding ortho intramolecular Hbond substituents is 1. The molecule has 77 heavy (non-hydrogen) atoms. The highest BCUT2D eigenvalue weighted by Gasteiger charge is 2.16. The summed E-state index contributed by atoms with van der Waals surface area (Å²) in [4.78, 5) is 120. The van der Waals surface area contributed by atoms with Gasteiger partial charge in [-0.2, -0.15) is 11.8 Å². The predicted molar refractivity (Wildman–Crippen MR) is 273 cm³/mol. The van der Waals surface area contributed by atoms with Crippen molar-refractivity contribution in [1.82, 2.24) is 5.32 Å². The Kier molecular flexibility index (Phi) is 55.4. The van der Waals surface area contributed by atoms with Gasteiger partial charge in [0, 0.05) is 19.4 Å². The highest BCUT2D eigenvalue weighted by atomic mass is 32.2. The number of carboxylic acid groups (broad SMARTS) is 9. The van der Waals surface area contributed by atoms with E-state index < -0.39 is 114 Å². The number of nitrogens with two attached hydrogens (primary N) is 12. The maximum Gasteiger partial charge on any atom is 0.321 e. The first-order chi connectivity index (χ1) is 35.2. The minimum atomic E-state index is -1.21. The molecule has 0 saturated carbocycles. The molecular formula is C40H76N14O22S. The Morgan fingerprint density at radius 3 is 1.08 bits per heavy atom. The number of carbonyl (C=O) groups is 12. The maximum atomic E-state index is 10.4. The second kappa shape index (κ2) is 51.4. The number of amides is 3. The molecule has 1 aromatic rings. The van der Waals surface area contributed by atoms with Crippen molar-refractivity contribution in [2.24, 2.45) is 68.8 Å². The van der Waals surface area contributed by atoms with Crippen LogP contribution in [0, 0.1) is 5.41 Å². The number of benzene rings is 1. The molecule has 444 valence electrons. The molecule has 1 rings (SSSR count). The van der Waals surface area contributed by atoms with Gasteiger partial charge in [0.15, 0.2) is 5.96 Å². The van der Waals surface area contributed by atoms with Crippen LogP contribution in [0.5, 0.6) is 5.75 Å². The van der Waals surface area contributed by atoms with Gasteiger partial charge in [-0.1, -0.05) is 12.1 Å². The Morgan fingerprint density at radius 2 is 0.818 bits per heavy atom. The zero-order valence-electron chi connectivity index (χ0n) is 41.8. The molecule has 36 nitrogen and oxygen atoms in total. The second-order valence-electron chi connectivity index (χ2n) is 14.6. The molecule has 0 spiro atoms. The zero-order valence-corrected chi connectivity index (χ0v) is 42.6. The first-order valence-electron chi connectivity index (χ1n) is 21.5. The molecule has 0 fully saturated rings.